The van der Waals surface area contributed by atoms with Crippen LogP contribution in [-0.2, 0) is 0 Å². The summed E-state index contributed by atoms with van der Waals surface area (Å²) >= 11 is 0. The Labute approximate surface area is 132 Å². The van der Waals surface area contributed by atoms with Crippen molar-refractivity contribution in [3.63, 3.8) is 0 Å². The number of nitrogens with zero attached hydrogens (tertiary/aromatic N) is 5. The third-order valence-electron chi connectivity index (χ3n) is 3.17. The molecule has 0 spiro atoms. The summed E-state index contributed by atoms with van der Waals surface area (Å²) in [6.45, 7) is 3.87. The first-order valence-electron chi connectivity index (χ1n) is 6.92. The minimum atomic E-state index is -0.434. The monoisotopic (exact) mass is 309 g/mol. The van der Waals surface area contributed by atoms with Gasteiger partial charge in [-0.15, -0.1) is 0 Å². The van der Waals surface area contributed by atoms with Crippen molar-refractivity contribution in [3.05, 3.63) is 53.9 Å². The topological polar surface area (TPSA) is 112 Å². The molecule has 3 aromatic heterocycles. The first kappa shape index (κ1) is 14.6. The molecule has 0 radical (unpaired) electrons. The summed E-state index contributed by atoms with van der Waals surface area (Å²) in [4.78, 5) is 24.2. The molecule has 8 nitrogen and oxygen atoms in total. The van der Waals surface area contributed by atoms with Gasteiger partial charge in [0.1, 0.15) is 0 Å². The van der Waals surface area contributed by atoms with Crippen LogP contribution < -0.4 is 11.1 Å². The third-order valence-corrected chi connectivity index (χ3v) is 3.17. The Bertz CT molecular complexity index is 855. The number of nitrogens with one attached hydrogen (secondary N) is 1. The van der Waals surface area contributed by atoms with E-state index in [1.54, 1.807) is 23.0 Å². The van der Waals surface area contributed by atoms with Gasteiger partial charge in [0.25, 0.3) is 5.91 Å². The molecule has 0 saturated heterocycles. The van der Waals surface area contributed by atoms with Gasteiger partial charge in [0.2, 0.25) is 0 Å². The van der Waals surface area contributed by atoms with Crippen LogP contribution in [0.4, 0.5) is 11.5 Å². The van der Waals surface area contributed by atoms with Gasteiger partial charge in [0, 0.05) is 18.1 Å². The Kier molecular flexibility index (Phi) is 3.71. The van der Waals surface area contributed by atoms with Crippen molar-refractivity contribution in [1.29, 1.82) is 0 Å². The normalized spacial score (nSPS) is 10.5. The highest BCUT2D eigenvalue weighted by Gasteiger charge is 2.12. The SMILES string of the molecule is Cc1cc(C)n(-c2ccc(NC(=O)c3nccnc3N)cn2)n1. The predicted molar refractivity (Wildman–Crippen MR) is 85.2 cm³/mol. The van der Waals surface area contributed by atoms with Crippen molar-refractivity contribution in [2.45, 2.75) is 13.8 Å². The van der Waals surface area contributed by atoms with Gasteiger partial charge in [0.15, 0.2) is 17.3 Å². The summed E-state index contributed by atoms with van der Waals surface area (Å²) < 4.78 is 1.74. The van der Waals surface area contributed by atoms with E-state index in [1.807, 2.05) is 19.9 Å². The van der Waals surface area contributed by atoms with E-state index in [0.717, 1.165) is 11.4 Å². The minimum absolute atomic E-state index is 0.0788. The van der Waals surface area contributed by atoms with E-state index in [4.69, 9.17) is 5.73 Å². The highest BCUT2D eigenvalue weighted by atomic mass is 16.1. The standard InChI is InChI=1S/C15H15N7O/c1-9-7-10(2)22(21-9)12-4-3-11(8-19-12)20-15(23)13-14(16)18-6-5-17-13/h3-8H,1-2H3,(H2,16,18)(H,20,23). The second kappa shape index (κ2) is 5.84. The van der Waals surface area contributed by atoms with Crippen molar-refractivity contribution in [1.82, 2.24) is 24.7 Å². The molecule has 1 amide bonds. The Balaban J connectivity index is 1.79. The number of aryl methyl sites for hydroxylation is 2. The highest BCUT2D eigenvalue weighted by molar-refractivity contribution is 6.05. The van der Waals surface area contributed by atoms with Gasteiger partial charge in [-0.2, -0.15) is 5.10 Å². The number of rotatable bonds is 3. The van der Waals surface area contributed by atoms with Gasteiger partial charge in [0.05, 0.1) is 17.6 Å². The predicted octanol–water partition coefficient (Wildman–Crippen LogP) is 1.51. The average molecular weight is 309 g/mol. The fraction of sp³-hybridized carbons (Fsp3) is 0.133. The van der Waals surface area contributed by atoms with Gasteiger partial charge < -0.3 is 11.1 Å². The molecule has 0 bridgehead atoms. The number of anilines is 2. The summed E-state index contributed by atoms with van der Waals surface area (Å²) in [6, 6.07) is 5.48. The zero-order chi connectivity index (χ0) is 16.4. The minimum Gasteiger partial charge on any atom is -0.382 e. The molecule has 3 rings (SSSR count). The molecule has 116 valence electrons. The van der Waals surface area contributed by atoms with E-state index in [1.165, 1.54) is 12.4 Å². The second-order valence-corrected chi connectivity index (χ2v) is 4.99. The fourth-order valence-corrected chi connectivity index (χ4v) is 2.16. The molecular formula is C15H15N7O. The summed E-state index contributed by atoms with van der Waals surface area (Å²) in [5, 5.41) is 7.05. The Morgan fingerprint density at radius 3 is 2.57 bits per heavy atom. The van der Waals surface area contributed by atoms with E-state index in [-0.39, 0.29) is 11.5 Å². The number of aromatic nitrogens is 5. The molecule has 0 aromatic carbocycles. The number of carbonyl (C=O) groups is 1. The summed E-state index contributed by atoms with van der Waals surface area (Å²) in [6.07, 6.45) is 4.39. The molecule has 8 heteroatoms. The van der Waals surface area contributed by atoms with Crippen LogP contribution in [0.25, 0.3) is 5.82 Å². The number of nitrogen functional groups attached to an aromatic ring is 1. The number of pyridine rings is 1. The number of hydrogen-bond donors (Lipinski definition) is 2. The van der Waals surface area contributed by atoms with Crippen LogP contribution in [0.3, 0.4) is 0 Å². The lowest BCUT2D eigenvalue weighted by Crippen LogP contribution is -2.16. The zero-order valence-electron chi connectivity index (χ0n) is 12.7. The van der Waals surface area contributed by atoms with Gasteiger partial charge in [-0.3, -0.25) is 4.79 Å². The zero-order valence-corrected chi connectivity index (χ0v) is 12.7. The maximum atomic E-state index is 12.1. The Morgan fingerprint density at radius 2 is 1.96 bits per heavy atom. The van der Waals surface area contributed by atoms with Crippen molar-refractivity contribution < 1.29 is 4.79 Å². The van der Waals surface area contributed by atoms with Crippen molar-refractivity contribution in [2.24, 2.45) is 0 Å². The van der Waals surface area contributed by atoms with Crippen LogP contribution in [0, 0.1) is 13.8 Å². The smallest absolute Gasteiger partial charge is 0.278 e. The van der Waals surface area contributed by atoms with E-state index >= 15 is 0 Å². The van der Waals surface area contributed by atoms with E-state index < -0.39 is 5.91 Å². The number of nitrogens with two attached hydrogens (primary N) is 1. The third kappa shape index (κ3) is 3.00. The molecular weight excluding hydrogens is 294 g/mol. The van der Waals surface area contributed by atoms with Crippen LogP contribution >= 0.6 is 0 Å². The molecule has 0 aliphatic carbocycles. The number of carbonyl (C=O) groups excluding carboxylic acids is 1. The molecule has 0 saturated carbocycles. The largest absolute Gasteiger partial charge is 0.382 e. The maximum Gasteiger partial charge on any atom is 0.278 e. The molecule has 3 N–H and O–H groups in total. The fourth-order valence-electron chi connectivity index (χ4n) is 2.16. The number of amides is 1. The molecule has 0 atom stereocenters. The van der Waals surface area contributed by atoms with E-state index in [0.29, 0.717) is 11.5 Å². The summed E-state index contributed by atoms with van der Waals surface area (Å²) in [5.74, 6) is 0.320. The lowest BCUT2D eigenvalue weighted by atomic mass is 10.3. The molecule has 0 unspecified atom stereocenters. The van der Waals surface area contributed by atoms with Gasteiger partial charge >= 0.3 is 0 Å². The molecule has 0 aliphatic rings. The van der Waals surface area contributed by atoms with E-state index in [2.05, 4.69) is 25.4 Å². The van der Waals surface area contributed by atoms with E-state index in [9.17, 15) is 4.79 Å². The van der Waals surface area contributed by atoms with Crippen LogP contribution in [0.2, 0.25) is 0 Å². The molecule has 23 heavy (non-hydrogen) atoms. The Hall–Kier alpha value is -3.29. The highest BCUT2D eigenvalue weighted by Crippen LogP contribution is 2.14. The van der Waals surface area contributed by atoms with Crippen LogP contribution in [0.15, 0.2) is 36.8 Å². The second-order valence-electron chi connectivity index (χ2n) is 4.99. The van der Waals surface area contributed by atoms with Crippen LogP contribution in [0.5, 0.6) is 0 Å². The first-order chi connectivity index (χ1) is 11.0. The van der Waals surface area contributed by atoms with Crippen molar-refractivity contribution >= 4 is 17.4 Å². The molecule has 3 aromatic rings. The lowest BCUT2D eigenvalue weighted by molar-refractivity contribution is 0.102. The van der Waals surface area contributed by atoms with Crippen LogP contribution in [-0.4, -0.2) is 30.6 Å². The van der Waals surface area contributed by atoms with Crippen molar-refractivity contribution in [2.75, 3.05) is 11.1 Å². The first-order valence-corrected chi connectivity index (χ1v) is 6.92. The number of hydrogen-bond acceptors (Lipinski definition) is 6. The molecule has 0 aliphatic heterocycles. The maximum absolute atomic E-state index is 12.1. The lowest BCUT2D eigenvalue weighted by Gasteiger charge is -2.07. The van der Waals surface area contributed by atoms with Crippen LogP contribution in [0.1, 0.15) is 21.9 Å². The Morgan fingerprint density at radius 1 is 1.17 bits per heavy atom. The molecule has 0 fully saturated rings. The van der Waals surface area contributed by atoms with Crippen molar-refractivity contribution in [3.8, 4) is 5.82 Å². The van der Waals surface area contributed by atoms with Gasteiger partial charge in [-0.1, -0.05) is 0 Å². The summed E-state index contributed by atoms with van der Waals surface area (Å²) in [7, 11) is 0. The quantitative estimate of drug-likeness (QED) is 0.758. The molecule has 3 heterocycles. The van der Waals surface area contributed by atoms with Gasteiger partial charge in [-0.05, 0) is 32.0 Å². The van der Waals surface area contributed by atoms with Gasteiger partial charge in [-0.25, -0.2) is 19.6 Å². The average Bonchev–Trinajstić information content (AvgIpc) is 2.87. The summed E-state index contributed by atoms with van der Waals surface area (Å²) in [5.41, 5.74) is 8.15.